The lowest BCUT2D eigenvalue weighted by Crippen LogP contribution is -2.42. The molecule has 35 heavy (non-hydrogen) atoms. The highest BCUT2D eigenvalue weighted by Crippen LogP contribution is 2.23. The molecule has 0 aliphatic carbocycles. The van der Waals surface area contributed by atoms with E-state index in [4.69, 9.17) is 16.3 Å². The van der Waals surface area contributed by atoms with E-state index in [1.165, 1.54) is 0 Å². The van der Waals surface area contributed by atoms with Crippen molar-refractivity contribution in [1.82, 2.24) is 14.7 Å². The van der Waals surface area contributed by atoms with Crippen LogP contribution in [0.2, 0.25) is 5.02 Å². The quantitative estimate of drug-likeness (QED) is 0.500. The number of aryl methyl sites for hydroxylation is 2. The Labute approximate surface area is 211 Å². The summed E-state index contributed by atoms with van der Waals surface area (Å²) >= 11 is 6.28. The van der Waals surface area contributed by atoms with Gasteiger partial charge in [0.2, 0.25) is 5.91 Å². The zero-order valence-corrected chi connectivity index (χ0v) is 21.4. The second kappa shape index (κ2) is 10.6. The van der Waals surface area contributed by atoms with Crippen LogP contribution >= 0.6 is 11.6 Å². The maximum Gasteiger partial charge on any atom is 0.254 e. The molecule has 1 N–H and O–H groups in total. The lowest BCUT2D eigenvalue weighted by molar-refractivity contribution is -0.117. The number of aromatic nitrogens is 2. The number of anilines is 1. The molecule has 0 saturated carbocycles. The summed E-state index contributed by atoms with van der Waals surface area (Å²) < 4.78 is 7.52. The highest BCUT2D eigenvalue weighted by molar-refractivity contribution is 6.31. The van der Waals surface area contributed by atoms with Gasteiger partial charge in [0, 0.05) is 24.4 Å². The van der Waals surface area contributed by atoms with E-state index in [9.17, 15) is 9.59 Å². The van der Waals surface area contributed by atoms with E-state index < -0.39 is 0 Å². The number of carbonyl (C=O) groups is 2. The summed E-state index contributed by atoms with van der Waals surface area (Å²) in [5.74, 6) is -0.450. The van der Waals surface area contributed by atoms with Crippen LogP contribution in [0.3, 0.4) is 0 Å². The van der Waals surface area contributed by atoms with Crippen LogP contribution in [0.25, 0.3) is 5.69 Å². The van der Waals surface area contributed by atoms with E-state index in [1.807, 2.05) is 58.0 Å². The van der Waals surface area contributed by atoms with Crippen molar-refractivity contribution in [3.63, 3.8) is 0 Å². The zero-order chi connectivity index (χ0) is 25.1. The zero-order valence-electron chi connectivity index (χ0n) is 20.6. The fraction of sp³-hybridized carbons (Fsp3) is 0.370. The smallest absolute Gasteiger partial charge is 0.254 e. The Morgan fingerprint density at radius 3 is 2.51 bits per heavy atom. The third-order valence-electron chi connectivity index (χ3n) is 6.51. The predicted octanol–water partition coefficient (Wildman–Crippen LogP) is 5.02. The minimum atomic E-state index is -0.237. The molecule has 8 heteroatoms. The molecule has 1 aliphatic heterocycles. The van der Waals surface area contributed by atoms with Crippen LogP contribution in [0.15, 0.2) is 42.5 Å². The van der Waals surface area contributed by atoms with Gasteiger partial charge < -0.3 is 15.0 Å². The first-order valence-electron chi connectivity index (χ1n) is 11.8. The van der Waals surface area contributed by atoms with Crippen LogP contribution in [0.4, 0.5) is 5.69 Å². The number of amides is 2. The molecule has 4 rings (SSSR count). The van der Waals surface area contributed by atoms with E-state index in [1.54, 1.807) is 21.7 Å². The third-order valence-corrected chi connectivity index (χ3v) is 7.06. The highest BCUT2D eigenvalue weighted by atomic mass is 35.5. The largest absolute Gasteiger partial charge is 0.376 e. The van der Waals surface area contributed by atoms with E-state index in [0.717, 1.165) is 46.7 Å². The number of ether oxygens (including phenoxy) is 1. The summed E-state index contributed by atoms with van der Waals surface area (Å²) in [6, 6.07) is 13.0. The number of benzene rings is 2. The Bertz CT molecular complexity index is 1230. The summed E-state index contributed by atoms with van der Waals surface area (Å²) in [4.78, 5) is 28.0. The first-order valence-corrected chi connectivity index (χ1v) is 12.2. The molecule has 2 amide bonds. The molecule has 7 nitrogen and oxygen atoms in total. The highest BCUT2D eigenvalue weighted by Gasteiger charge is 2.25. The molecule has 1 aromatic heterocycles. The lowest BCUT2D eigenvalue weighted by atomic mass is 10.1. The van der Waals surface area contributed by atoms with Crippen molar-refractivity contribution >= 4 is 29.1 Å². The number of rotatable bonds is 7. The van der Waals surface area contributed by atoms with Crippen LogP contribution in [-0.2, 0) is 9.53 Å². The SMILES string of the molecule is Cc1cccc(NC(=O)CN(CC2CCCO2)C(=O)c2ccc(-n3nc(C)c(Cl)c3C)cc2)c1C. The van der Waals surface area contributed by atoms with Gasteiger partial charge in [-0.2, -0.15) is 5.10 Å². The summed E-state index contributed by atoms with van der Waals surface area (Å²) in [6.07, 6.45) is 1.77. The molecule has 0 bridgehead atoms. The van der Waals surface area contributed by atoms with Crippen molar-refractivity contribution in [3.8, 4) is 5.69 Å². The van der Waals surface area contributed by atoms with Crippen LogP contribution in [-0.4, -0.2) is 52.3 Å². The van der Waals surface area contributed by atoms with Crippen molar-refractivity contribution in [2.24, 2.45) is 0 Å². The molecule has 1 saturated heterocycles. The first-order chi connectivity index (χ1) is 16.7. The van der Waals surface area contributed by atoms with Gasteiger partial charge in [-0.05, 0) is 82.0 Å². The van der Waals surface area contributed by atoms with Gasteiger partial charge in [0.15, 0.2) is 0 Å². The van der Waals surface area contributed by atoms with Gasteiger partial charge in [0.1, 0.15) is 6.54 Å². The standard InChI is InChI=1S/C27H31ClN4O3/c1-17-7-5-9-24(18(17)2)29-25(33)16-31(15-23-8-6-14-35-23)27(34)21-10-12-22(13-11-21)32-20(4)26(28)19(3)30-32/h5,7,9-13,23H,6,8,14-16H2,1-4H3,(H,29,33). The number of carbonyl (C=O) groups excluding carboxylic acids is 2. The van der Waals surface area contributed by atoms with E-state index in [2.05, 4.69) is 10.4 Å². The average molecular weight is 495 g/mol. The van der Waals surface area contributed by atoms with Gasteiger partial charge in [-0.15, -0.1) is 0 Å². The van der Waals surface area contributed by atoms with E-state index in [-0.39, 0.29) is 24.5 Å². The number of hydrogen-bond acceptors (Lipinski definition) is 4. The third kappa shape index (κ3) is 5.57. The van der Waals surface area contributed by atoms with E-state index in [0.29, 0.717) is 23.7 Å². The molecule has 1 fully saturated rings. The normalized spacial score (nSPS) is 15.3. The molecule has 0 spiro atoms. The van der Waals surface area contributed by atoms with Gasteiger partial charge in [-0.3, -0.25) is 9.59 Å². The number of hydrogen-bond donors (Lipinski definition) is 1. The van der Waals surface area contributed by atoms with Crippen molar-refractivity contribution in [2.75, 3.05) is 25.0 Å². The molecule has 0 radical (unpaired) electrons. The summed E-state index contributed by atoms with van der Waals surface area (Å²) in [6.45, 7) is 8.73. The van der Waals surface area contributed by atoms with Crippen molar-refractivity contribution in [1.29, 1.82) is 0 Å². The Hall–Kier alpha value is -3.16. The average Bonchev–Trinajstić information content (AvgIpc) is 3.45. The number of nitrogens with one attached hydrogen (secondary N) is 1. The second-order valence-electron chi connectivity index (χ2n) is 9.06. The maximum absolute atomic E-state index is 13.5. The lowest BCUT2D eigenvalue weighted by Gasteiger charge is -2.25. The molecule has 1 atom stereocenters. The molecule has 2 aromatic carbocycles. The van der Waals surface area contributed by atoms with Crippen molar-refractivity contribution in [2.45, 2.75) is 46.6 Å². The van der Waals surface area contributed by atoms with E-state index >= 15 is 0 Å². The molecular weight excluding hydrogens is 464 g/mol. The Kier molecular flexibility index (Phi) is 7.57. The van der Waals surface area contributed by atoms with Crippen molar-refractivity contribution in [3.05, 3.63) is 75.6 Å². The molecule has 1 aliphatic rings. The Morgan fingerprint density at radius 1 is 1.14 bits per heavy atom. The monoisotopic (exact) mass is 494 g/mol. The van der Waals surface area contributed by atoms with Gasteiger partial charge in [0.25, 0.3) is 5.91 Å². The van der Waals surface area contributed by atoms with Crippen LogP contribution in [0, 0.1) is 27.7 Å². The minimum absolute atomic E-state index is 0.0547. The summed E-state index contributed by atoms with van der Waals surface area (Å²) in [7, 11) is 0. The van der Waals surface area contributed by atoms with Crippen LogP contribution < -0.4 is 5.32 Å². The fourth-order valence-electron chi connectivity index (χ4n) is 4.31. The van der Waals surface area contributed by atoms with Gasteiger partial charge in [-0.25, -0.2) is 4.68 Å². The van der Waals surface area contributed by atoms with Gasteiger partial charge in [-0.1, -0.05) is 23.7 Å². The Balaban J connectivity index is 1.52. The Morgan fingerprint density at radius 2 is 1.89 bits per heavy atom. The van der Waals surface area contributed by atoms with Gasteiger partial charge in [0.05, 0.1) is 28.2 Å². The van der Waals surface area contributed by atoms with Crippen molar-refractivity contribution < 1.29 is 14.3 Å². The topological polar surface area (TPSA) is 76.5 Å². The minimum Gasteiger partial charge on any atom is -0.376 e. The first kappa shape index (κ1) is 24.9. The maximum atomic E-state index is 13.5. The summed E-state index contributed by atoms with van der Waals surface area (Å²) in [5.41, 5.74) is 5.77. The molecule has 2 heterocycles. The molecule has 1 unspecified atom stereocenters. The number of halogens is 1. The molecular formula is C27H31ClN4O3. The van der Waals surface area contributed by atoms with Crippen LogP contribution in [0.5, 0.6) is 0 Å². The van der Waals surface area contributed by atoms with Crippen LogP contribution in [0.1, 0.15) is 45.7 Å². The predicted molar refractivity (Wildman–Crippen MR) is 137 cm³/mol. The molecule has 184 valence electrons. The fourth-order valence-corrected chi connectivity index (χ4v) is 4.42. The summed E-state index contributed by atoms with van der Waals surface area (Å²) in [5, 5.41) is 8.06. The molecule has 3 aromatic rings. The van der Waals surface area contributed by atoms with Gasteiger partial charge >= 0.3 is 0 Å². The second-order valence-corrected chi connectivity index (χ2v) is 9.44. The number of nitrogens with zero attached hydrogens (tertiary/aromatic N) is 3.